The normalized spacial score (nSPS) is 20.5. The molecular formula is C9H19N3O. The molecule has 0 heterocycles. The zero-order valence-corrected chi connectivity index (χ0v) is 8.34. The molecule has 1 aliphatic rings. The van der Waals surface area contributed by atoms with E-state index in [1.165, 1.54) is 0 Å². The summed E-state index contributed by atoms with van der Waals surface area (Å²) in [5.41, 5.74) is 5.49. The standard InChI is InChI=1S/C9H19N3O/c1-6(5-10)7(2)11-9(13)12-8-3-4-8/h6-8H,3-5,10H2,1-2H3,(H2,11,12,13). The molecule has 2 unspecified atom stereocenters. The molecule has 2 atom stereocenters. The van der Waals surface area contributed by atoms with E-state index in [1.54, 1.807) is 0 Å². The first-order chi connectivity index (χ1) is 6.13. The van der Waals surface area contributed by atoms with Crippen LogP contribution in [0.5, 0.6) is 0 Å². The highest BCUT2D eigenvalue weighted by atomic mass is 16.2. The molecule has 4 N–H and O–H groups in total. The summed E-state index contributed by atoms with van der Waals surface area (Å²) in [7, 11) is 0. The number of nitrogens with one attached hydrogen (secondary N) is 2. The van der Waals surface area contributed by atoms with Crippen LogP contribution >= 0.6 is 0 Å². The van der Waals surface area contributed by atoms with Crippen LogP contribution in [0.15, 0.2) is 0 Å². The van der Waals surface area contributed by atoms with E-state index in [4.69, 9.17) is 5.73 Å². The van der Waals surface area contributed by atoms with Gasteiger partial charge in [0.25, 0.3) is 0 Å². The lowest BCUT2D eigenvalue weighted by Gasteiger charge is -2.19. The minimum absolute atomic E-state index is 0.0599. The van der Waals surface area contributed by atoms with Crippen LogP contribution in [-0.4, -0.2) is 24.7 Å². The molecule has 4 nitrogen and oxygen atoms in total. The average Bonchev–Trinajstić information content (AvgIpc) is 2.86. The quantitative estimate of drug-likeness (QED) is 0.594. The summed E-state index contributed by atoms with van der Waals surface area (Å²) < 4.78 is 0. The Kier molecular flexibility index (Phi) is 3.54. The van der Waals surface area contributed by atoms with Gasteiger partial charge in [0, 0.05) is 12.1 Å². The Morgan fingerprint density at radius 2 is 2.15 bits per heavy atom. The Morgan fingerprint density at radius 3 is 2.62 bits per heavy atom. The first kappa shape index (κ1) is 10.3. The third-order valence-corrected chi connectivity index (χ3v) is 2.50. The maximum absolute atomic E-state index is 11.3. The Bertz CT molecular complexity index is 180. The SMILES string of the molecule is CC(CN)C(C)NC(=O)NC1CC1. The van der Waals surface area contributed by atoms with Crippen molar-refractivity contribution >= 4 is 6.03 Å². The van der Waals surface area contributed by atoms with Crippen molar-refractivity contribution in [2.75, 3.05) is 6.54 Å². The van der Waals surface area contributed by atoms with Crippen molar-refractivity contribution in [3.05, 3.63) is 0 Å². The number of nitrogens with two attached hydrogens (primary N) is 1. The second kappa shape index (κ2) is 4.46. The molecule has 2 amide bonds. The molecule has 0 saturated heterocycles. The molecule has 0 aromatic carbocycles. The first-order valence-corrected chi connectivity index (χ1v) is 4.90. The summed E-state index contributed by atoms with van der Waals surface area (Å²) in [6.07, 6.45) is 2.24. The zero-order valence-electron chi connectivity index (χ0n) is 8.34. The van der Waals surface area contributed by atoms with Crippen molar-refractivity contribution in [1.29, 1.82) is 0 Å². The summed E-state index contributed by atoms with van der Waals surface area (Å²) in [5, 5.41) is 5.74. The second-order valence-corrected chi connectivity index (χ2v) is 3.89. The van der Waals surface area contributed by atoms with Crippen molar-refractivity contribution in [2.45, 2.75) is 38.8 Å². The van der Waals surface area contributed by atoms with E-state index in [2.05, 4.69) is 10.6 Å². The fourth-order valence-electron chi connectivity index (χ4n) is 1.01. The molecule has 0 aromatic heterocycles. The number of amides is 2. The molecule has 0 spiro atoms. The topological polar surface area (TPSA) is 67.1 Å². The molecule has 1 fully saturated rings. The monoisotopic (exact) mass is 185 g/mol. The number of rotatable bonds is 4. The van der Waals surface area contributed by atoms with Gasteiger partial charge in [-0.2, -0.15) is 0 Å². The fourth-order valence-corrected chi connectivity index (χ4v) is 1.01. The van der Waals surface area contributed by atoms with Crippen LogP contribution < -0.4 is 16.4 Å². The van der Waals surface area contributed by atoms with Gasteiger partial charge < -0.3 is 16.4 Å². The summed E-state index contributed by atoms with van der Waals surface area (Å²) in [6, 6.07) is 0.499. The summed E-state index contributed by atoms with van der Waals surface area (Å²) >= 11 is 0. The van der Waals surface area contributed by atoms with Crippen molar-refractivity contribution in [3.8, 4) is 0 Å². The molecule has 76 valence electrons. The van der Waals surface area contributed by atoms with Gasteiger partial charge in [0.05, 0.1) is 0 Å². The number of urea groups is 1. The molecule has 1 saturated carbocycles. The first-order valence-electron chi connectivity index (χ1n) is 4.90. The molecule has 0 bridgehead atoms. The van der Waals surface area contributed by atoms with Gasteiger partial charge in [-0.25, -0.2) is 4.79 Å². The molecule has 13 heavy (non-hydrogen) atoms. The van der Waals surface area contributed by atoms with E-state index in [1.807, 2.05) is 13.8 Å². The van der Waals surface area contributed by atoms with Gasteiger partial charge in [0.15, 0.2) is 0 Å². The Morgan fingerprint density at radius 1 is 1.54 bits per heavy atom. The highest BCUT2D eigenvalue weighted by Crippen LogP contribution is 2.18. The van der Waals surface area contributed by atoms with Crippen LogP contribution in [0.3, 0.4) is 0 Å². The van der Waals surface area contributed by atoms with E-state index in [0.29, 0.717) is 18.5 Å². The molecule has 0 aromatic rings. The molecule has 0 aliphatic heterocycles. The van der Waals surface area contributed by atoms with Crippen LogP contribution in [0.25, 0.3) is 0 Å². The van der Waals surface area contributed by atoms with Gasteiger partial charge in [0.2, 0.25) is 0 Å². The number of carbonyl (C=O) groups is 1. The van der Waals surface area contributed by atoms with E-state index >= 15 is 0 Å². The van der Waals surface area contributed by atoms with Gasteiger partial charge in [-0.3, -0.25) is 0 Å². The second-order valence-electron chi connectivity index (χ2n) is 3.89. The Hall–Kier alpha value is -0.770. The Labute approximate surface area is 79.3 Å². The fraction of sp³-hybridized carbons (Fsp3) is 0.889. The van der Waals surface area contributed by atoms with Crippen LogP contribution in [0.4, 0.5) is 4.79 Å². The third kappa shape index (κ3) is 3.63. The lowest BCUT2D eigenvalue weighted by atomic mass is 10.0. The molecule has 0 radical (unpaired) electrons. The van der Waals surface area contributed by atoms with Crippen LogP contribution in [0, 0.1) is 5.92 Å². The predicted molar refractivity (Wildman–Crippen MR) is 52.4 cm³/mol. The maximum Gasteiger partial charge on any atom is 0.315 e. The molecular weight excluding hydrogens is 166 g/mol. The third-order valence-electron chi connectivity index (χ3n) is 2.50. The van der Waals surface area contributed by atoms with E-state index < -0.39 is 0 Å². The zero-order chi connectivity index (χ0) is 9.84. The Balaban J connectivity index is 2.17. The highest BCUT2D eigenvalue weighted by Gasteiger charge is 2.24. The average molecular weight is 185 g/mol. The minimum Gasteiger partial charge on any atom is -0.335 e. The van der Waals surface area contributed by atoms with E-state index in [9.17, 15) is 4.79 Å². The maximum atomic E-state index is 11.3. The van der Waals surface area contributed by atoms with Crippen molar-refractivity contribution < 1.29 is 4.79 Å². The molecule has 1 rings (SSSR count). The van der Waals surface area contributed by atoms with Gasteiger partial charge in [-0.1, -0.05) is 6.92 Å². The van der Waals surface area contributed by atoms with Crippen molar-refractivity contribution in [2.24, 2.45) is 11.7 Å². The van der Waals surface area contributed by atoms with E-state index in [-0.39, 0.29) is 12.1 Å². The van der Waals surface area contributed by atoms with Crippen LogP contribution in [0.1, 0.15) is 26.7 Å². The van der Waals surface area contributed by atoms with Crippen LogP contribution in [-0.2, 0) is 0 Å². The van der Waals surface area contributed by atoms with Crippen molar-refractivity contribution in [1.82, 2.24) is 10.6 Å². The number of carbonyl (C=O) groups excluding carboxylic acids is 1. The molecule has 1 aliphatic carbocycles. The lowest BCUT2D eigenvalue weighted by Crippen LogP contribution is -2.45. The summed E-state index contributed by atoms with van der Waals surface area (Å²) in [4.78, 5) is 11.3. The van der Waals surface area contributed by atoms with Crippen LogP contribution in [0.2, 0.25) is 0 Å². The smallest absolute Gasteiger partial charge is 0.315 e. The van der Waals surface area contributed by atoms with Gasteiger partial charge in [-0.05, 0) is 32.2 Å². The van der Waals surface area contributed by atoms with Gasteiger partial charge in [0.1, 0.15) is 0 Å². The summed E-state index contributed by atoms with van der Waals surface area (Å²) in [6.45, 7) is 4.61. The largest absolute Gasteiger partial charge is 0.335 e. The minimum atomic E-state index is -0.0599. The molecule has 4 heteroatoms. The van der Waals surface area contributed by atoms with Gasteiger partial charge >= 0.3 is 6.03 Å². The predicted octanol–water partition coefficient (Wildman–Crippen LogP) is 0.431. The lowest BCUT2D eigenvalue weighted by molar-refractivity contribution is 0.233. The summed E-state index contributed by atoms with van der Waals surface area (Å²) in [5.74, 6) is 0.324. The van der Waals surface area contributed by atoms with Gasteiger partial charge in [-0.15, -0.1) is 0 Å². The number of hydrogen-bond donors (Lipinski definition) is 3. The highest BCUT2D eigenvalue weighted by molar-refractivity contribution is 5.74. The van der Waals surface area contributed by atoms with E-state index in [0.717, 1.165) is 12.8 Å². The van der Waals surface area contributed by atoms with Crippen molar-refractivity contribution in [3.63, 3.8) is 0 Å². The number of hydrogen-bond acceptors (Lipinski definition) is 2.